The van der Waals surface area contributed by atoms with Gasteiger partial charge in [-0.15, -0.1) is 0 Å². The lowest BCUT2D eigenvalue weighted by atomic mass is 9.94. The zero-order chi connectivity index (χ0) is 16.2. The third-order valence-corrected chi connectivity index (χ3v) is 4.31. The van der Waals surface area contributed by atoms with Gasteiger partial charge in [-0.1, -0.05) is 30.3 Å². The minimum atomic E-state index is 0.207. The van der Waals surface area contributed by atoms with Gasteiger partial charge in [-0.3, -0.25) is 5.01 Å². The van der Waals surface area contributed by atoms with Gasteiger partial charge in [0.25, 0.3) is 0 Å². The minimum absolute atomic E-state index is 0.207. The molecule has 3 rings (SSSR count). The van der Waals surface area contributed by atoms with Gasteiger partial charge in [-0.2, -0.15) is 5.10 Å². The van der Waals surface area contributed by atoms with E-state index >= 15 is 0 Å². The van der Waals surface area contributed by atoms with E-state index in [1.165, 1.54) is 11.1 Å². The number of hydrazone groups is 1. The molecule has 1 heterocycles. The maximum absolute atomic E-state index is 5.43. The van der Waals surface area contributed by atoms with Crippen molar-refractivity contribution in [1.82, 2.24) is 5.01 Å². The zero-order valence-corrected chi connectivity index (χ0v) is 13.8. The summed E-state index contributed by atoms with van der Waals surface area (Å²) in [6.45, 7) is 3.07. The Bertz CT molecular complexity index is 698. The van der Waals surface area contributed by atoms with Crippen LogP contribution < -0.4 is 9.47 Å². The Morgan fingerprint density at radius 1 is 1.09 bits per heavy atom. The lowest BCUT2D eigenvalue weighted by molar-refractivity contribution is 0.208. The normalized spacial score (nSPS) is 17.2. The van der Waals surface area contributed by atoms with E-state index in [4.69, 9.17) is 9.47 Å². The van der Waals surface area contributed by atoms with E-state index in [0.29, 0.717) is 0 Å². The summed E-state index contributed by atoms with van der Waals surface area (Å²) in [5, 5.41) is 6.79. The molecule has 0 spiro atoms. The van der Waals surface area contributed by atoms with Gasteiger partial charge in [0.05, 0.1) is 26.5 Å². The monoisotopic (exact) mass is 310 g/mol. The molecule has 0 radical (unpaired) electrons. The fourth-order valence-electron chi connectivity index (χ4n) is 2.97. The quantitative estimate of drug-likeness (QED) is 0.808. The van der Waals surface area contributed by atoms with Gasteiger partial charge in [0.1, 0.15) is 0 Å². The zero-order valence-electron chi connectivity index (χ0n) is 13.8. The second-order valence-electron chi connectivity index (χ2n) is 5.65. The van der Waals surface area contributed by atoms with Gasteiger partial charge in [0.2, 0.25) is 0 Å². The summed E-state index contributed by atoms with van der Waals surface area (Å²) < 4.78 is 10.8. The summed E-state index contributed by atoms with van der Waals surface area (Å²) in [6.07, 6.45) is 2.87. The Kier molecular flexibility index (Phi) is 4.51. The molecule has 23 heavy (non-hydrogen) atoms. The van der Waals surface area contributed by atoms with E-state index in [-0.39, 0.29) is 6.04 Å². The van der Waals surface area contributed by atoms with Crippen LogP contribution in [0, 0.1) is 0 Å². The van der Waals surface area contributed by atoms with E-state index in [1.807, 2.05) is 24.4 Å². The van der Waals surface area contributed by atoms with Crippen LogP contribution in [0.2, 0.25) is 0 Å². The first kappa shape index (κ1) is 15.4. The van der Waals surface area contributed by atoms with Crippen LogP contribution in [0.25, 0.3) is 0 Å². The summed E-state index contributed by atoms with van der Waals surface area (Å²) >= 11 is 0. The first-order valence-corrected chi connectivity index (χ1v) is 7.83. The lowest BCUT2D eigenvalue weighted by Crippen LogP contribution is -2.30. The van der Waals surface area contributed by atoms with Crippen LogP contribution in [-0.4, -0.2) is 32.0 Å². The summed E-state index contributed by atoms with van der Waals surface area (Å²) in [6, 6.07) is 14.5. The molecule has 0 bridgehead atoms. The molecule has 0 N–H and O–H groups in total. The number of hydrogen-bond donors (Lipinski definition) is 0. The molecule has 1 aliphatic rings. The molecule has 0 saturated heterocycles. The smallest absolute Gasteiger partial charge is 0.161 e. The Hall–Kier alpha value is -2.49. The van der Waals surface area contributed by atoms with E-state index in [0.717, 1.165) is 30.0 Å². The van der Waals surface area contributed by atoms with Crippen LogP contribution in [0.5, 0.6) is 11.5 Å². The summed E-state index contributed by atoms with van der Waals surface area (Å²) in [5.74, 6) is 1.56. The first-order chi connectivity index (χ1) is 11.2. The van der Waals surface area contributed by atoms with E-state index in [2.05, 4.69) is 41.3 Å². The van der Waals surface area contributed by atoms with Crippen molar-refractivity contribution in [2.75, 3.05) is 20.8 Å². The molecule has 2 aromatic rings. The van der Waals surface area contributed by atoms with Crippen molar-refractivity contribution in [3.8, 4) is 11.5 Å². The van der Waals surface area contributed by atoms with Crippen molar-refractivity contribution in [3.05, 3.63) is 59.2 Å². The standard InChI is InChI=1S/C19H22N2O2/c1-14-17-12-19(23-3)18(22-2)11-16(17)9-10-21(14)20-13-15-7-5-4-6-8-15/h4-8,11-14H,9-10H2,1-3H3/b20-13+. The molecule has 4 heteroatoms. The number of rotatable bonds is 4. The van der Waals surface area contributed by atoms with Crippen molar-refractivity contribution >= 4 is 6.21 Å². The Morgan fingerprint density at radius 3 is 2.48 bits per heavy atom. The number of ether oxygens (including phenoxy) is 2. The Morgan fingerprint density at radius 2 is 1.78 bits per heavy atom. The highest BCUT2D eigenvalue weighted by atomic mass is 16.5. The molecular formula is C19H22N2O2. The van der Waals surface area contributed by atoms with Crippen LogP contribution in [0.15, 0.2) is 47.6 Å². The van der Waals surface area contributed by atoms with Crippen LogP contribution >= 0.6 is 0 Å². The summed E-state index contributed by atoms with van der Waals surface area (Å²) in [4.78, 5) is 0. The molecule has 2 aromatic carbocycles. The van der Waals surface area contributed by atoms with Crippen LogP contribution in [0.1, 0.15) is 29.7 Å². The molecule has 0 amide bonds. The predicted molar refractivity (Wildman–Crippen MR) is 92.4 cm³/mol. The number of fused-ring (bicyclic) bond motifs is 1. The highest BCUT2D eigenvalue weighted by molar-refractivity contribution is 5.79. The second kappa shape index (κ2) is 6.73. The largest absolute Gasteiger partial charge is 0.493 e. The molecule has 0 aliphatic carbocycles. The average Bonchev–Trinajstić information content (AvgIpc) is 2.61. The van der Waals surface area contributed by atoms with Crippen molar-refractivity contribution in [1.29, 1.82) is 0 Å². The number of hydrogen-bond acceptors (Lipinski definition) is 4. The highest BCUT2D eigenvalue weighted by Crippen LogP contribution is 2.37. The first-order valence-electron chi connectivity index (χ1n) is 7.83. The number of methoxy groups -OCH3 is 2. The minimum Gasteiger partial charge on any atom is -0.493 e. The van der Waals surface area contributed by atoms with Gasteiger partial charge in [0.15, 0.2) is 11.5 Å². The van der Waals surface area contributed by atoms with E-state index in [9.17, 15) is 0 Å². The molecule has 120 valence electrons. The molecule has 1 aliphatic heterocycles. The van der Waals surface area contributed by atoms with Gasteiger partial charge < -0.3 is 9.47 Å². The third kappa shape index (κ3) is 3.16. The van der Waals surface area contributed by atoms with Crippen molar-refractivity contribution < 1.29 is 9.47 Å². The molecule has 4 nitrogen and oxygen atoms in total. The topological polar surface area (TPSA) is 34.1 Å². The van der Waals surface area contributed by atoms with E-state index < -0.39 is 0 Å². The van der Waals surface area contributed by atoms with Gasteiger partial charge in [-0.25, -0.2) is 0 Å². The summed E-state index contributed by atoms with van der Waals surface area (Å²) in [7, 11) is 3.34. The fourth-order valence-corrected chi connectivity index (χ4v) is 2.97. The molecule has 1 atom stereocenters. The Balaban J connectivity index is 1.85. The lowest BCUT2D eigenvalue weighted by Gasteiger charge is -2.33. The maximum atomic E-state index is 5.43. The van der Waals surface area contributed by atoms with Gasteiger partial charge >= 0.3 is 0 Å². The summed E-state index contributed by atoms with van der Waals surface area (Å²) in [5.41, 5.74) is 3.67. The molecular weight excluding hydrogens is 288 g/mol. The molecule has 0 aromatic heterocycles. The number of benzene rings is 2. The highest BCUT2D eigenvalue weighted by Gasteiger charge is 2.24. The van der Waals surface area contributed by atoms with Gasteiger partial charge in [0, 0.05) is 6.54 Å². The SMILES string of the molecule is COc1cc2c(cc1OC)C(C)N(/N=C/c1ccccc1)CC2. The van der Waals surface area contributed by atoms with Crippen molar-refractivity contribution in [3.63, 3.8) is 0 Å². The maximum Gasteiger partial charge on any atom is 0.161 e. The van der Waals surface area contributed by atoms with Crippen LogP contribution in [-0.2, 0) is 6.42 Å². The van der Waals surface area contributed by atoms with Crippen molar-refractivity contribution in [2.45, 2.75) is 19.4 Å². The molecule has 1 unspecified atom stereocenters. The van der Waals surface area contributed by atoms with Crippen LogP contribution in [0.4, 0.5) is 0 Å². The second-order valence-corrected chi connectivity index (χ2v) is 5.65. The predicted octanol–water partition coefficient (Wildman–Crippen LogP) is 3.66. The average molecular weight is 310 g/mol. The van der Waals surface area contributed by atoms with E-state index in [1.54, 1.807) is 14.2 Å². The molecule has 0 fully saturated rings. The fraction of sp³-hybridized carbons (Fsp3) is 0.316. The third-order valence-electron chi connectivity index (χ3n) is 4.31. The van der Waals surface area contributed by atoms with Crippen molar-refractivity contribution in [2.24, 2.45) is 5.10 Å². The van der Waals surface area contributed by atoms with Gasteiger partial charge in [-0.05, 0) is 42.2 Å². The van der Waals surface area contributed by atoms with Crippen LogP contribution in [0.3, 0.4) is 0 Å². The Labute approximate surface area is 137 Å². The number of nitrogens with zero attached hydrogens (tertiary/aromatic N) is 2. The molecule has 0 saturated carbocycles.